The van der Waals surface area contributed by atoms with Crippen LogP contribution in [0.2, 0.25) is 0 Å². The van der Waals surface area contributed by atoms with E-state index in [0.717, 1.165) is 49.0 Å². The SMILES string of the molecule is CCOC(=O)C(F)(F)C(O)c1cccc(-c2ccccn2)c1.CCOC(=O)C(F)(F)C(OC(=S)n1ccnc1)c1cccc(-c2ccccn2)c1.CCOC(=O)C(F)(F)Cc1cccc(-c2ccccn2)c1.O=C(N[C@H](CN1CCCC1)[C@H](O)c1ccc2c(c1)OCCO2)C(F)(F)Cc1cccc(-c2ccccn2)c1.O=C(O)C(F)(F)Cc1cccc(-c2ccccn2)c1.O=Cc1cccc(-c2ccccn2)c1. The lowest BCUT2D eigenvalue weighted by molar-refractivity contribution is -0.189. The molecular weight excluding hydrogens is 1890 g/mol. The van der Waals surface area contributed by atoms with Crippen molar-refractivity contribution in [1.29, 1.82) is 0 Å². The standard InChI is InChI=1S/C29H31F2N3O4.C20H17F2N3O3S.C16H15F2NO3.C16H15F2NO2.C14H11F2NO2.C12H9NO/c30-29(31,18-20-6-5-7-21(16-20)23-8-1-2-11-32-23)28(36)33-24(19-34-12-3-4-13-34)27(35)22-9-10-25-26(17-22)38-15-14-37-25;1-2-27-18(26)20(21,22)17(28-19(29)25-11-10-23-13-25)15-7-5-6-14(12-15)16-8-3-4-9-24-16;1-2-22-15(21)16(17,18)14(20)12-7-5-6-11(10-12)13-8-3-4-9-19-13;1-2-21-15(20)16(17,18)11-12-6-5-7-13(10-12)14-8-3-4-9-19-14;15-14(16,13(18)19)9-10-4-3-5-11(8-10)12-6-1-2-7-17-12;14-9-10-4-3-5-11(8-10)12-6-1-2-7-13-12/h1-2,5-11,16-17,24,27,35H,3-4,12-15,18-19H2,(H,33,36);3-13,17H,2H2,1H3;3-10,14,20H,2H2,1H3;3-10H,2,11H2,1H3;1-8H,9H2,(H,18,19);1-9H/t24-,27-;;;;;/m1...../s1. The number of likely N-dealkylation sites (tertiary alicyclic amines) is 1. The number of carbonyl (C=O) groups is 6. The van der Waals surface area contributed by atoms with E-state index in [-0.39, 0.29) is 48.2 Å². The number of alkyl halides is 10. The van der Waals surface area contributed by atoms with E-state index in [4.69, 9.17) is 31.5 Å². The summed E-state index contributed by atoms with van der Waals surface area (Å²) in [4.78, 5) is 99.4. The summed E-state index contributed by atoms with van der Waals surface area (Å²) in [5.41, 5.74) is 10.3. The van der Waals surface area contributed by atoms with Gasteiger partial charge < -0.3 is 54.0 Å². The molecule has 0 spiro atoms. The third-order valence-corrected chi connectivity index (χ3v) is 21.7. The van der Waals surface area contributed by atoms with Crippen LogP contribution in [-0.2, 0) is 62.2 Å². The molecule has 0 saturated carbocycles. The number of thiocarbonyl (C=S) groups is 1. The molecule has 14 aromatic rings. The summed E-state index contributed by atoms with van der Waals surface area (Å²) < 4.78 is 173. The highest BCUT2D eigenvalue weighted by molar-refractivity contribution is 7.80. The summed E-state index contributed by atoms with van der Waals surface area (Å²) in [6, 6.07) is 75.5. The number of nitrogens with one attached hydrogen (secondary N) is 1. The number of pyridine rings is 6. The number of carbonyl (C=O) groups excluding carboxylic acids is 5. The normalized spacial score (nSPS) is 13.1. The Morgan fingerprint density at radius 2 is 0.825 bits per heavy atom. The van der Waals surface area contributed by atoms with Crippen LogP contribution in [0.3, 0.4) is 0 Å². The average molecular weight is 1990 g/mol. The Morgan fingerprint density at radius 1 is 0.434 bits per heavy atom. The molecule has 7 aromatic heterocycles. The molecule has 1 saturated heterocycles. The van der Waals surface area contributed by atoms with Gasteiger partial charge in [0, 0.05) is 114 Å². The predicted molar refractivity (Wildman–Crippen MR) is 516 cm³/mol. The molecule has 2 aliphatic rings. The Hall–Kier alpha value is -15.7. The second kappa shape index (κ2) is 52.0. The number of hydrogen-bond donors (Lipinski definition) is 4. The van der Waals surface area contributed by atoms with Crippen LogP contribution in [0.4, 0.5) is 43.9 Å². The molecule has 0 aliphatic carbocycles. The van der Waals surface area contributed by atoms with E-state index >= 15 is 8.78 Å². The Bertz CT molecular complexity index is 6480. The number of amides is 1. The van der Waals surface area contributed by atoms with Crippen molar-refractivity contribution in [1.82, 2.24) is 49.7 Å². The van der Waals surface area contributed by atoms with E-state index in [0.29, 0.717) is 97.7 Å². The summed E-state index contributed by atoms with van der Waals surface area (Å²) in [6.45, 7) is 6.56. The number of hydrogen-bond acceptors (Lipinski definition) is 23. The van der Waals surface area contributed by atoms with Gasteiger partial charge in [0.25, 0.3) is 11.1 Å². The van der Waals surface area contributed by atoms with E-state index in [9.17, 15) is 74.1 Å². The van der Waals surface area contributed by atoms with Crippen molar-refractivity contribution in [2.24, 2.45) is 0 Å². The van der Waals surface area contributed by atoms with Crippen molar-refractivity contribution < 1.29 is 116 Å². The molecule has 2 unspecified atom stereocenters. The number of carboxylic acids is 1. The molecule has 9 heterocycles. The van der Waals surface area contributed by atoms with Gasteiger partial charge in [0.15, 0.2) is 17.6 Å². The topological polar surface area (TPSA) is 329 Å². The molecule has 16 rings (SSSR count). The summed E-state index contributed by atoms with van der Waals surface area (Å²) in [5, 5.41) is 31.7. The zero-order valence-corrected chi connectivity index (χ0v) is 78.0. The van der Waals surface area contributed by atoms with Crippen molar-refractivity contribution in [3.8, 4) is 79.0 Å². The Morgan fingerprint density at radius 3 is 1.24 bits per heavy atom. The van der Waals surface area contributed by atoms with Crippen LogP contribution in [0.15, 0.2) is 329 Å². The maximum absolute atomic E-state index is 15.2. The predicted octanol–water partition coefficient (Wildman–Crippen LogP) is 20.1. The molecule has 4 atom stereocenters. The molecule has 742 valence electrons. The smallest absolute Gasteiger partial charge is 0.382 e. The first-order valence-electron chi connectivity index (χ1n) is 44.8. The summed E-state index contributed by atoms with van der Waals surface area (Å²) >= 11 is 5.10. The van der Waals surface area contributed by atoms with Crippen LogP contribution in [-0.4, -0.2) is 189 Å². The third-order valence-electron chi connectivity index (χ3n) is 21.4. The largest absolute Gasteiger partial charge is 0.486 e. The van der Waals surface area contributed by atoms with E-state index in [1.54, 1.807) is 219 Å². The lowest BCUT2D eigenvalue weighted by Crippen LogP contribution is -2.52. The lowest BCUT2D eigenvalue weighted by atomic mass is 9.99. The number of rotatable bonds is 31. The van der Waals surface area contributed by atoms with Gasteiger partial charge in [-0.1, -0.05) is 152 Å². The molecule has 0 bridgehead atoms. The minimum atomic E-state index is -4.02. The average Bonchev–Trinajstić information content (AvgIpc) is 1.18. The summed E-state index contributed by atoms with van der Waals surface area (Å²) in [7, 11) is 0. The highest BCUT2D eigenvalue weighted by Crippen LogP contribution is 2.41. The number of aliphatic hydroxyl groups is 2. The van der Waals surface area contributed by atoms with Gasteiger partial charge in [-0.2, -0.15) is 43.9 Å². The number of nitrogens with zero attached hydrogens (tertiary/aromatic N) is 9. The number of carboxylic acid groups (broad SMARTS) is 1. The number of esters is 3. The fourth-order valence-corrected chi connectivity index (χ4v) is 14.6. The lowest BCUT2D eigenvalue weighted by Gasteiger charge is -2.30. The van der Waals surface area contributed by atoms with Gasteiger partial charge in [-0.05, 0) is 214 Å². The van der Waals surface area contributed by atoms with Gasteiger partial charge in [-0.25, -0.2) is 24.2 Å². The zero-order chi connectivity index (χ0) is 103. The maximum Gasteiger partial charge on any atom is 0.382 e. The fraction of sp³-hybridized carbons (Fsp3) is 0.234. The van der Waals surface area contributed by atoms with Gasteiger partial charge in [0.1, 0.15) is 31.9 Å². The van der Waals surface area contributed by atoms with Gasteiger partial charge in [0.05, 0.1) is 60.0 Å². The molecule has 25 nitrogen and oxygen atoms in total. The van der Waals surface area contributed by atoms with Gasteiger partial charge in [0.2, 0.25) is 6.10 Å². The van der Waals surface area contributed by atoms with Crippen LogP contribution < -0.4 is 14.8 Å². The van der Waals surface area contributed by atoms with Gasteiger partial charge in [-0.15, -0.1) is 0 Å². The molecule has 0 radical (unpaired) electrons. The number of fused-ring (bicyclic) bond motifs is 1. The number of imidazole rings is 1. The number of halogens is 10. The Kier molecular flexibility index (Phi) is 39.2. The zero-order valence-electron chi connectivity index (χ0n) is 77.2. The number of ether oxygens (including phenoxy) is 6. The second-order valence-corrected chi connectivity index (χ2v) is 32.2. The molecule has 1 amide bonds. The van der Waals surface area contributed by atoms with Gasteiger partial charge in [-0.3, -0.25) is 44.1 Å². The molecule has 36 heteroatoms. The number of aliphatic carboxylic acids is 1. The summed E-state index contributed by atoms with van der Waals surface area (Å²) in [5.74, 6) is -26.4. The van der Waals surface area contributed by atoms with Crippen molar-refractivity contribution in [3.05, 3.63) is 368 Å². The van der Waals surface area contributed by atoms with Crippen molar-refractivity contribution in [2.75, 3.05) is 52.7 Å². The number of aliphatic hydroxyl groups excluding tert-OH is 2. The van der Waals surface area contributed by atoms with E-state index < -0.39 is 103 Å². The third kappa shape index (κ3) is 31.2. The number of benzene rings is 7. The monoisotopic (exact) mass is 1980 g/mol. The first-order chi connectivity index (χ1) is 68.7. The fourth-order valence-electron chi connectivity index (χ4n) is 14.4. The van der Waals surface area contributed by atoms with Crippen LogP contribution >= 0.6 is 12.2 Å². The van der Waals surface area contributed by atoms with Crippen LogP contribution in [0.25, 0.3) is 67.5 Å². The first kappa shape index (κ1) is 108. The minimum Gasteiger partial charge on any atom is -0.486 e. The quantitative estimate of drug-likeness (QED) is 0.0103. The number of aromatic nitrogens is 8. The minimum absolute atomic E-state index is 0.0497. The molecule has 2 aliphatic heterocycles. The molecule has 4 N–H and O–H groups in total. The Labute approximate surface area is 821 Å². The van der Waals surface area contributed by atoms with Crippen LogP contribution in [0.5, 0.6) is 11.5 Å². The van der Waals surface area contributed by atoms with Crippen molar-refractivity contribution in [3.63, 3.8) is 0 Å². The van der Waals surface area contributed by atoms with Crippen molar-refractivity contribution >= 4 is 53.5 Å². The van der Waals surface area contributed by atoms with Gasteiger partial charge >= 0.3 is 53.5 Å². The highest BCUT2D eigenvalue weighted by Gasteiger charge is 2.53. The molecule has 1 fully saturated rings. The molecule has 143 heavy (non-hydrogen) atoms. The first-order valence-corrected chi connectivity index (χ1v) is 45.2. The maximum atomic E-state index is 15.2. The van der Waals surface area contributed by atoms with E-state index in [1.165, 1.54) is 86.5 Å². The van der Waals surface area contributed by atoms with Crippen LogP contribution in [0, 0.1) is 0 Å². The summed E-state index contributed by atoms with van der Waals surface area (Å²) in [6.07, 6.45) is 9.01. The van der Waals surface area contributed by atoms with E-state index in [1.807, 2.05) is 48.5 Å². The van der Waals surface area contributed by atoms with Crippen LogP contribution in [0.1, 0.15) is 95.7 Å². The molecule has 7 aromatic carbocycles. The number of aldehydes is 1. The second-order valence-electron chi connectivity index (χ2n) is 31.8. The highest BCUT2D eigenvalue weighted by atomic mass is 32.1. The molecular formula is C107H98F10N10O15S. The van der Waals surface area contributed by atoms with E-state index in [2.05, 4.69) is 59.3 Å². The van der Waals surface area contributed by atoms with Crippen molar-refractivity contribution in [2.45, 2.75) is 107 Å². The Balaban J connectivity index is 0.000000168.